The zero-order chi connectivity index (χ0) is 17.5. The Morgan fingerprint density at radius 1 is 1.39 bits per heavy atom. The van der Waals surface area contributed by atoms with Gasteiger partial charge in [0.25, 0.3) is 0 Å². The number of aliphatic hydroxyl groups is 2. The summed E-state index contributed by atoms with van der Waals surface area (Å²) < 4.78 is 10.7. The number of carbonyl (C=O) groups excluding carboxylic acids is 1. The molecule has 0 saturated carbocycles. The molecule has 0 spiro atoms. The largest absolute Gasteiger partial charge is 0.459 e. The molecule has 0 aliphatic carbocycles. The third kappa shape index (κ3) is 6.69. The molecule has 0 amide bonds. The Morgan fingerprint density at radius 2 is 2.09 bits per heavy atom. The Balaban J connectivity index is 3.10. The number of ether oxygens (including phenoxy) is 2. The summed E-state index contributed by atoms with van der Waals surface area (Å²) in [7, 11) is 1.55. The van der Waals surface area contributed by atoms with Gasteiger partial charge in [-0.25, -0.2) is 4.79 Å². The lowest BCUT2D eigenvalue weighted by atomic mass is 9.97. The van der Waals surface area contributed by atoms with Gasteiger partial charge in [-0.3, -0.25) is 0 Å². The minimum absolute atomic E-state index is 0.111. The molecule has 5 nitrogen and oxygen atoms in total. The Kier molecular flexibility index (Phi) is 7.68. The quantitative estimate of drug-likeness (QED) is 0.601. The number of rotatable bonds is 2. The molecule has 0 fully saturated rings. The fourth-order valence-corrected chi connectivity index (χ4v) is 2.30. The number of hydrogen-bond acceptors (Lipinski definition) is 5. The summed E-state index contributed by atoms with van der Waals surface area (Å²) in [6.07, 6.45) is 8.72. The molecule has 1 rings (SSSR count). The Labute approximate surface area is 138 Å². The van der Waals surface area contributed by atoms with Crippen LogP contribution in [0.4, 0.5) is 0 Å². The molecule has 23 heavy (non-hydrogen) atoms. The van der Waals surface area contributed by atoms with E-state index in [-0.39, 0.29) is 18.6 Å². The van der Waals surface area contributed by atoms with Crippen LogP contribution in [-0.4, -0.2) is 47.7 Å². The summed E-state index contributed by atoms with van der Waals surface area (Å²) in [5.74, 6) is -0.284. The Bertz CT molecular complexity index is 476. The second kappa shape index (κ2) is 9.01. The van der Waals surface area contributed by atoms with E-state index in [1.807, 2.05) is 19.9 Å². The van der Waals surface area contributed by atoms with Crippen LogP contribution < -0.4 is 0 Å². The molecule has 1 aliphatic heterocycles. The van der Waals surface area contributed by atoms with E-state index in [4.69, 9.17) is 9.47 Å². The zero-order valence-electron chi connectivity index (χ0n) is 14.4. The molecule has 0 aromatic carbocycles. The molecule has 4 unspecified atom stereocenters. The number of esters is 1. The standard InChI is InChI=1S/C18H28O5/c1-13-6-5-7-15(12-19)16(22-4)8-10-18(3,21)11-9-17(20)23-14(13)2/h7-11,13-14,16,19,21H,5-6,12H2,1-4H3. The van der Waals surface area contributed by atoms with Gasteiger partial charge in [-0.05, 0) is 44.3 Å². The predicted octanol–water partition coefficient (Wildman–Crippen LogP) is 2.15. The molecule has 130 valence electrons. The highest BCUT2D eigenvalue weighted by molar-refractivity contribution is 5.82. The van der Waals surface area contributed by atoms with Crippen LogP contribution in [-0.2, 0) is 14.3 Å². The molecule has 0 aromatic rings. The van der Waals surface area contributed by atoms with E-state index in [9.17, 15) is 15.0 Å². The topological polar surface area (TPSA) is 76.0 Å². The molecule has 5 heteroatoms. The van der Waals surface area contributed by atoms with Crippen molar-refractivity contribution in [3.63, 3.8) is 0 Å². The summed E-state index contributed by atoms with van der Waals surface area (Å²) in [4.78, 5) is 11.8. The zero-order valence-corrected chi connectivity index (χ0v) is 14.4. The van der Waals surface area contributed by atoms with Crippen LogP contribution in [0.2, 0.25) is 0 Å². The van der Waals surface area contributed by atoms with Crippen molar-refractivity contribution in [3.8, 4) is 0 Å². The van der Waals surface area contributed by atoms with Gasteiger partial charge in [-0.15, -0.1) is 0 Å². The normalized spacial score (nSPS) is 33.7. The van der Waals surface area contributed by atoms with Crippen LogP contribution in [0.1, 0.15) is 33.6 Å². The van der Waals surface area contributed by atoms with Crippen LogP contribution in [0, 0.1) is 5.92 Å². The van der Waals surface area contributed by atoms with E-state index in [0.29, 0.717) is 0 Å². The maximum atomic E-state index is 11.8. The first kappa shape index (κ1) is 19.6. The average molecular weight is 324 g/mol. The number of carbonyl (C=O) groups is 1. The second-order valence-electron chi connectivity index (χ2n) is 6.21. The van der Waals surface area contributed by atoms with Gasteiger partial charge in [0.05, 0.1) is 18.3 Å². The molecule has 0 radical (unpaired) electrons. The van der Waals surface area contributed by atoms with Gasteiger partial charge >= 0.3 is 5.97 Å². The number of allylic oxidation sites excluding steroid dienone is 1. The van der Waals surface area contributed by atoms with Gasteiger partial charge in [0.2, 0.25) is 0 Å². The first-order valence-electron chi connectivity index (χ1n) is 7.93. The maximum absolute atomic E-state index is 11.8. The fourth-order valence-electron chi connectivity index (χ4n) is 2.30. The number of methoxy groups -OCH3 is 1. The van der Waals surface area contributed by atoms with Crippen LogP contribution in [0.5, 0.6) is 0 Å². The van der Waals surface area contributed by atoms with Crippen LogP contribution >= 0.6 is 0 Å². The van der Waals surface area contributed by atoms with Crippen LogP contribution in [0.3, 0.4) is 0 Å². The van der Waals surface area contributed by atoms with Gasteiger partial charge in [0.1, 0.15) is 6.10 Å². The monoisotopic (exact) mass is 324 g/mol. The van der Waals surface area contributed by atoms with Crippen molar-refractivity contribution >= 4 is 5.97 Å². The van der Waals surface area contributed by atoms with E-state index < -0.39 is 17.7 Å². The lowest BCUT2D eigenvalue weighted by Gasteiger charge is -2.21. The first-order valence-corrected chi connectivity index (χ1v) is 7.93. The average Bonchev–Trinajstić information content (AvgIpc) is 2.50. The van der Waals surface area contributed by atoms with Crippen molar-refractivity contribution in [2.24, 2.45) is 5.92 Å². The van der Waals surface area contributed by atoms with E-state index in [1.165, 1.54) is 18.2 Å². The predicted molar refractivity (Wildman–Crippen MR) is 88.8 cm³/mol. The van der Waals surface area contributed by atoms with Crippen molar-refractivity contribution in [2.45, 2.75) is 51.4 Å². The fraction of sp³-hybridized carbons (Fsp3) is 0.611. The number of cyclic esters (lactones) is 1. The summed E-state index contributed by atoms with van der Waals surface area (Å²) in [5.41, 5.74) is -0.563. The van der Waals surface area contributed by atoms with Gasteiger partial charge in [-0.2, -0.15) is 0 Å². The summed E-state index contributed by atoms with van der Waals surface area (Å²) >= 11 is 0. The van der Waals surface area contributed by atoms with Crippen molar-refractivity contribution in [3.05, 3.63) is 36.0 Å². The molecule has 2 N–H and O–H groups in total. The highest BCUT2D eigenvalue weighted by atomic mass is 16.5. The molecule has 0 saturated heterocycles. The lowest BCUT2D eigenvalue weighted by Crippen LogP contribution is -2.24. The van der Waals surface area contributed by atoms with E-state index in [0.717, 1.165) is 18.4 Å². The first-order chi connectivity index (χ1) is 10.8. The minimum atomic E-state index is -1.31. The van der Waals surface area contributed by atoms with Gasteiger partial charge < -0.3 is 19.7 Å². The number of hydrogen-bond donors (Lipinski definition) is 2. The lowest BCUT2D eigenvalue weighted by molar-refractivity contribution is -0.144. The molecule has 0 bridgehead atoms. The molecule has 1 heterocycles. The molecular weight excluding hydrogens is 296 g/mol. The van der Waals surface area contributed by atoms with Gasteiger partial charge in [0.15, 0.2) is 0 Å². The summed E-state index contributed by atoms with van der Waals surface area (Å²) in [5, 5.41) is 19.8. The highest BCUT2D eigenvalue weighted by Crippen LogP contribution is 2.19. The van der Waals surface area contributed by atoms with E-state index >= 15 is 0 Å². The van der Waals surface area contributed by atoms with E-state index in [1.54, 1.807) is 20.1 Å². The highest BCUT2D eigenvalue weighted by Gasteiger charge is 2.19. The third-order valence-corrected chi connectivity index (χ3v) is 4.10. The van der Waals surface area contributed by atoms with E-state index in [2.05, 4.69) is 0 Å². The minimum Gasteiger partial charge on any atom is -0.459 e. The van der Waals surface area contributed by atoms with Crippen molar-refractivity contribution in [2.75, 3.05) is 13.7 Å². The molecular formula is C18H28O5. The summed E-state index contributed by atoms with van der Waals surface area (Å²) in [6.45, 7) is 5.32. The van der Waals surface area contributed by atoms with Gasteiger partial charge in [-0.1, -0.05) is 25.2 Å². The smallest absolute Gasteiger partial charge is 0.330 e. The Hall–Kier alpha value is -1.43. The molecule has 0 aromatic heterocycles. The number of aliphatic hydroxyl groups excluding tert-OH is 1. The summed E-state index contributed by atoms with van der Waals surface area (Å²) in [6, 6.07) is 0. The SMILES string of the molecule is COC1C=CC(C)(O)C=CC(=O)OC(C)C(C)CCC=C1CO. The third-order valence-electron chi connectivity index (χ3n) is 4.10. The molecule has 4 atom stereocenters. The maximum Gasteiger partial charge on any atom is 0.330 e. The van der Waals surface area contributed by atoms with Crippen molar-refractivity contribution < 1.29 is 24.5 Å². The van der Waals surface area contributed by atoms with Gasteiger partial charge in [0, 0.05) is 13.2 Å². The van der Waals surface area contributed by atoms with Crippen molar-refractivity contribution in [1.82, 2.24) is 0 Å². The van der Waals surface area contributed by atoms with Crippen LogP contribution in [0.25, 0.3) is 0 Å². The van der Waals surface area contributed by atoms with Crippen LogP contribution in [0.15, 0.2) is 36.0 Å². The Morgan fingerprint density at radius 3 is 2.70 bits per heavy atom. The molecule has 1 aliphatic rings. The van der Waals surface area contributed by atoms with Crippen molar-refractivity contribution in [1.29, 1.82) is 0 Å². The second-order valence-corrected chi connectivity index (χ2v) is 6.21.